The van der Waals surface area contributed by atoms with E-state index < -0.39 is 16.1 Å². The van der Waals surface area contributed by atoms with E-state index in [4.69, 9.17) is 4.74 Å². The van der Waals surface area contributed by atoms with Crippen LogP contribution < -0.4 is 0 Å². The SMILES string of the molecule is COC1(C)CCCN(C(=O)[C@H]2CCCN2S(=O)(=O)c2ccccc2)C1. The number of hydrogen-bond acceptors (Lipinski definition) is 4. The molecule has 138 valence electrons. The van der Waals surface area contributed by atoms with Gasteiger partial charge in [0, 0.05) is 26.7 Å². The molecule has 2 fully saturated rings. The number of carbonyl (C=O) groups is 1. The van der Waals surface area contributed by atoms with Gasteiger partial charge < -0.3 is 9.64 Å². The first-order chi connectivity index (χ1) is 11.9. The second kappa shape index (κ2) is 7.05. The van der Waals surface area contributed by atoms with Crippen molar-refractivity contribution >= 4 is 15.9 Å². The van der Waals surface area contributed by atoms with E-state index in [9.17, 15) is 13.2 Å². The second-order valence-corrected chi connectivity index (χ2v) is 8.99. The summed E-state index contributed by atoms with van der Waals surface area (Å²) in [7, 11) is -1.99. The Hall–Kier alpha value is -1.44. The molecule has 25 heavy (non-hydrogen) atoms. The molecular formula is C18H26N2O4S. The molecular weight excluding hydrogens is 340 g/mol. The molecule has 0 N–H and O–H groups in total. The van der Waals surface area contributed by atoms with Crippen molar-refractivity contribution in [3.8, 4) is 0 Å². The summed E-state index contributed by atoms with van der Waals surface area (Å²) in [6, 6.07) is 7.74. The Morgan fingerprint density at radius 1 is 1.20 bits per heavy atom. The molecule has 3 rings (SSSR count). The van der Waals surface area contributed by atoms with Crippen molar-refractivity contribution in [1.82, 2.24) is 9.21 Å². The summed E-state index contributed by atoms with van der Waals surface area (Å²) in [5.74, 6) is -0.0972. The van der Waals surface area contributed by atoms with Gasteiger partial charge >= 0.3 is 0 Å². The molecule has 7 heteroatoms. The number of hydrogen-bond donors (Lipinski definition) is 0. The van der Waals surface area contributed by atoms with Gasteiger partial charge in [0.25, 0.3) is 0 Å². The largest absolute Gasteiger partial charge is 0.377 e. The maximum absolute atomic E-state index is 13.1. The molecule has 1 unspecified atom stereocenters. The van der Waals surface area contributed by atoms with E-state index in [2.05, 4.69) is 0 Å². The molecule has 0 saturated carbocycles. The summed E-state index contributed by atoms with van der Waals surface area (Å²) in [4.78, 5) is 15.1. The Balaban J connectivity index is 1.81. The van der Waals surface area contributed by atoms with Crippen molar-refractivity contribution in [2.75, 3.05) is 26.7 Å². The number of amides is 1. The predicted molar refractivity (Wildman–Crippen MR) is 94.6 cm³/mol. The number of methoxy groups -OCH3 is 1. The van der Waals surface area contributed by atoms with Crippen LogP contribution >= 0.6 is 0 Å². The van der Waals surface area contributed by atoms with Gasteiger partial charge in [-0.1, -0.05) is 18.2 Å². The molecule has 1 amide bonds. The molecule has 6 nitrogen and oxygen atoms in total. The van der Waals surface area contributed by atoms with E-state index in [0.717, 1.165) is 12.8 Å². The first kappa shape index (κ1) is 18.4. The Morgan fingerprint density at radius 2 is 1.92 bits per heavy atom. The minimum atomic E-state index is -3.65. The van der Waals surface area contributed by atoms with Crippen molar-refractivity contribution in [1.29, 1.82) is 0 Å². The van der Waals surface area contributed by atoms with Crippen LogP contribution in [-0.2, 0) is 19.6 Å². The first-order valence-electron chi connectivity index (χ1n) is 8.78. The third kappa shape index (κ3) is 3.59. The van der Waals surface area contributed by atoms with E-state index in [1.54, 1.807) is 42.3 Å². The lowest BCUT2D eigenvalue weighted by molar-refractivity contribution is -0.142. The zero-order valence-corrected chi connectivity index (χ0v) is 15.7. The molecule has 2 heterocycles. The van der Waals surface area contributed by atoms with Gasteiger partial charge in [0.2, 0.25) is 15.9 Å². The highest BCUT2D eigenvalue weighted by Crippen LogP contribution is 2.30. The standard InChI is InChI=1S/C18H26N2O4S/c1-18(24-2)11-7-12-19(14-18)17(21)16-10-6-13-20(16)25(22,23)15-8-4-3-5-9-15/h3-5,8-9,16H,6-7,10-14H2,1-2H3/t16-,18?/m1/s1. The zero-order valence-electron chi connectivity index (χ0n) is 14.8. The van der Waals surface area contributed by atoms with Gasteiger partial charge in [-0.15, -0.1) is 0 Å². The van der Waals surface area contributed by atoms with Crippen LogP contribution in [0.15, 0.2) is 35.2 Å². The fraction of sp³-hybridized carbons (Fsp3) is 0.611. The number of likely N-dealkylation sites (tertiary alicyclic amines) is 1. The van der Waals surface area contributed by atoms with Gasteiger partial charge in [0.05, 0.1) is 10.5 Å². The fourth-order valence-corrected chi connectivity index (χ4v) is 5.45. The lowest BCUT2D eigenvalue weighted by atomic mass is 9.94. The van der Waals surface area contributed by atoms with Crippen molar-refractivity contribution < 1.29 is 17.9 Å². The Bertz CT molecular complexity index is 722. The van der Waals surface area contributed by atoms with Gasteiger partial charge in [0.1, 0.15) is 6.04 Å². The van der Waals surface area contributed by atoms with Gasteiger partial charge in [-0.25, -0.2) is 8.42 Å². The molecule has 0 bridgehead atoms. The number of benzene rings is 1. The van der Waals surface area contributed by atoms with Crippen molar-refractivity contribution in [3.05, 3.63) is 30.3 Å². The monoisotopic (exact) mass is 366 g/mol. The Kier molecular flexibility index (Phi) is 5.18. The Morgan fingerprint density at radius 3 is 2.60 bits per heavy atom. The number of carbonyl (C=O) groups excluding carboxylic acids is 1. The predicted octanol–water partition coefficient (Wildman–Crippen LogP) is 1.87. The van der Waals surface area contributed by atoms with Crippen LogP contribution in [-0.4, -0.2) is 61.9 Å². The van der Waals surface area contributed by atoms with Crippen LogP contribution in [0.25, 0.3) is 0 Å². The molecule has 0 spiro atoms. The summed E-state index contributed by atoms with van der Waals surface area (Å²) < 4.78 is 32.8. The van der Waals surface area contributed by atoms with Crippen LogP contribution in [0.4, 0.5) is 0 Å². The molecule has 2 aliphatic rings. The van der Waals surface area contributed by atoms with E-state index >= 15 is 0 Å². The number of ether oxygens (including phenoxy) is 1. The van der Waals surface area contributed by atoms with Gasteiger partial charge in [0.15, 0.2) is 0 Å². The number of rotatable bonds is 4. The van der Waals surface area contributed by atoms with Crippen LogP contribution in [0.1, 0.15) is 32.6 Å². The molecule has 2 saturated heterocycles. The normalized spacial score (nSPS) is 28.2. The number of sulfonamides is 1. The van der Waals surface area contributed by atoms with Crippen LogP contribution in [0.2, 0.25) is 0 Å². The molecule has 1 aromatic rings. The number of piperidine rings is 1. The quantitative estimate of drug-likeness (QED) is 0.816. The lowest BCUT2D eigenvalue weighted by Crippen LogP contribution is -2.55. The zero-order chi connectivity index (χ0) is 18.1. The van der Waals surface area contributed by atoms with Crippen molar-refractivity contribution in [2.24, 2.45) is 0 Å². The smallest absolute Gasteiger partial charge is 0.243 e. The van der Waals surface area contributed by atoms with E-state index in [1.807, 2.05) is 6.92 Å². The highest BCUT2D eigenvalue weighted by molar-refractivity contribution is 7.89. The van der Waals surface area contributed by atoms with Crippen LogP contribution in [0.3, 0.4) is 0 Å². The van der Waals surface area contributed by atoms with Crippen molar-refractivity contribution in [3.63, 3.8) is 0 Å². The first-order valence-corrected chi connectivity index (χ1v) is 10.2. The van der Waals surface area contributed by atoms with Gasteiger partial charge in [-0.05, 0) is 44.7 Å². The average Bonchev–Trinajstić information content (AvgIpc) is 3.12. The highest BCUT2D eigenvalue weighted by Gasteiger charge is 2.43. The minimum absolute atomic E-state index is 0.0972. The summed E-state index contributed by atoms with van der Waals surface area (Å²) >= 11 is 0. The maximum atomic E-state index is 13.1. The minimum Gasteiger partial charge on any atom is -0.377 e. The fourth-order valence-electron chi connectivity index (χ4n) is 3.77. The molecule has 1 aromatic carbocycles. The van der Waals surface area contributed by atoms with Gasteiger partial charge in [-0.2, -0.15) is 4.31 Å². The summed E-state index contributed by atoms with van der Waals surface area (Å²) in [5, 5.41) is 0. The molecule has 2 aliphatic heterocycles. The molecule has 0 aliphatic carbocycles. The van der Waals surface area contributed by atoms with Crippen molar-refractivity contribution in [2.45, 2.75) is 49.1 Å². The van der Waals surface area contributed by atoms with E-state index in [-0.39, 0.29) is 16.4 Å². The van der Waals surface area contributed by atoms with E-state index in [0.29, 0.717) is 32.5 Å². The summed E-state index contributed by atoms with van der Waals surface area (Å²) in [5.41, 5.74) is -0.352. The highest BCUT2D eigenvalue weighted by atomic mass is 32.2. The summed E-state index contributed by atoms with van der Waals surface area (Å²) in [6.45, 7) is 3.56. The average molecular weight is 366 g/mol. The van der Waals surface area contributed by atoms with Crippen LogP contribution in [0.5, 0.6) is 0 Å². The van der Waals surface area contributed by atoms with E-state index in [1.165, 1.54) is 4.31 Å². The molecule has 0 aromatic heterocycles. The molecule has 2 atom stereocenters. The molecule has 0 radical (unpaired) electrons. The van der Waals surface area contributed by atoms with Gasteiger partial charge in [-0.3, -0.25) is 4.79 Å². The lowest BCUT2D eigenvalue weighted by Gasteiger charge is -2.41. The van der Waals surface area contributed by atoms with Crippen LogP contribution in [0, 0.1) is 0 Å². The maximum Gasteiger partial charge on any atom is 0.243 e. The topological polar surface area (TPSA) is 66.9 Å². The second-order valence-electron chi connectivity index (χ2n) is 7.10. The summed E-state index contributed by atoms with van der Waals surface area (Å²) in [6.07, 6.45) is 3.06. The Labute approximate surface area is 149 Å². The number of nitrogens with zero attached hydrogens (tertiary/aromatic N) is 2. The third-order valence-electron chi connectivity index (χ3n) is 5.30. The third-order valence-corrected chi connectivity index (χ3v) is 7.22.